The van der Waals surface area contributed by atoms with E-state index >= 15 is 0 Å². The van der Waals surface area contributed by atoms with Crippen LogP contribution in [0.25, 0.3) is 0 Å². The van der Waals surface area contributed by atoms with Gasteiger partial charge in [0.05, 0.1) is 0 Å². The molecule has 2 N–H and O–H groups in total. The normalized spacial score (nSPS) is 17.6. The lowest BCUT2D eigenvalue weighted by atomic mass is 10.2. The van der Waals surface area contributed by atoms with Crippen LogP contribution in [0.15, 0.2) is 9.72 Å². The van der Waals surface area contributed by atoms with Crippen LogP contribution in [-0.2, 0) is 9.53 Å². The summed E-state index contributed by atoms with van der Waals surface area (Å²) >= 11 is 2.82. The number of thiazole rings is 1. The Morgan fingerprint density at radius 1 is 1.62 bits per heavy atom. The number of carbonyl (C=O) groups excluding carboxylic acids is 1. The van der Waals surface area contributed by atoms with E-state index in [-0.39, 0.29) is 17.6 Å². The van der Waals surface area contributed by atoms with E-state index in [0.29, 0.717) is 13.0 Å². The molecule has 1 amide bonds. The molecule has 1 saturated heterocycles. The van der Waals surface area contributed by atoms with Crippen molar-refractivity contribution < 1.29 is 19.4 Å². The number of aromatic nitrogens is 1. The highest BCUT2D eigenvalue weighted by atomic mass is 32.2. The van der Waals surface area contributed by atoms with Gasteiger partial charge < -0.3 is 20.1 Å². The summed E-state index contributed by atoms with van der Waals surface area (Å²) < 4.78 is 5.74. The van der Waals surface area contributed by atoms with E-state index in [9.17, 15) is 9.59 Å². The lowest BCUT2D eigenvalue weighted by Gasteiger charge is -2.25. The minimum Gasteiger partial charge on any atom is -0.476 e. The number of aromatic carboxylic acids is 1. The van der Waals surface area contributed by atoms with Gasteiger partial charge in [-0.15, -0.1) is 11.3 Å². The third-order valence-corrected chi connectivity index (χ3v) is 5.80. The largest absolute Gasteiger partial charge is 0.476 e. The molecule has 7 nitrogen and oxygen atoms in total. The van der Waals surface area contributed by atoms with Crippen molar-refractivity contribution in [1.29, 1.82) is 0 Å². The molecule has 1 aromatic heterocycles. The molecule has 1 aliphatic heterocycles. The van der Waals surface area contributed by atoms with Crippen LogP contribution in [0.1, 0.15) is 29.8 Å². The van der Waals surface area contributed by atoms with E-state index in [4.69, 9.17) is 9.84 Å². The smallest absolute Gasteiger partial charge is 0.355 e. The molecule has 2 heterocycles. The second kappa shape index (κ2) is 9.97. The Balaban J connectivity index is 1.72. The molecule has 0 radical (unpaired) electrons. The number of nitrogens with zero attached hydrogens (tertiary/aromatic N) is 2. The van der Waals surface area contributed by atoms with Gasteiger partial charge in [-0.2, -0.15) is 0 Å². The Labute approximate surface area is 149 Å². The SMILES string of the molecule is COCCCNC[C@H]1CCC(=O)N1CCSc1nc(C(=O)O)cs1. The molecular formula is C15H23N3O4S2. The minimum absolute atomic E-state index is 0.0814. The molecule has 0 unspecified atom stereocenters. The fourth-order valence-electron chi connectivity index (χ4n) is 2.58. The molecule has 0 aromatic carbocycles. The summed E-state index contributed by atoms with van der Waals surface area (Å²) in [4.78, 5) is 28.8. The molecule has 2 rings (SSSR count). The summed E-state index contributed by atoms with van der Waals surface area (Å²) in [5, 5.41) is 13.8. The number of hydrogen-bond acceptors (Lipinski definition) is 7. The Morgan fingerprint density at radius 3 is 3.17 bits per heavy atom. The number of nitrogens with one attached hydrogen (secondary N) is 1. The number of methoxy groups -OCH3 is 1. The standard InChI is InChI=1S/C15H23N3O4S2/c1-22-7-2-5-16-9-11-3-4-13(19)18(11)6-8-23-15-17-12(10-24-15)14(20)21/h10-11,16H,2-9H2,1H3,(H,20,21)/t11-/m1/s1. The first-order valence-corrected chi connectivity index (χ1v) is 9.79. The average molecular weight is 374 g/mol. The Kier molecular flexibility index (Phi) is 7.97. The number of ether oxygens (including phenoxy) is 1. The maximum Gasteiger partial charge on any atom is 0.355 e. The molecule has 9 heteroatoms. The van der Waals surface area contributed by atoms with Gasteiger partial charge in [-0.25, -0.2) is 9.78 Å². The quantitative estimate of drug-likeness (QED) is 0.449. The van der Waals surface area contributed by atoms with Crippen molar-refractivity contribution in [2.24, 2.45) is 0 Å². The van der Waals surface area contributed by atoms with Crippen molar-refractivity contribution in [3.63, 3.8) is 0 Å². The number of carbonyl (C=O) groups is 2. The predicted octanol–water partition coefficient (Wildman–Crippen LogP) is 1.55. The van der Waals surface area contributed by atoms with Crippen molar-refractivity contribution in [3.05, 3.63) is 11.1 Å². The van der Waals surface area contributed by atoms with Crippen LogP contribution in [-0.4, -0.2) is 72.0 Å². The van der Waals surface area contributed by atoms with E-state index in [1.54, 1.807) is 12.5 Å². The highest BCUT2D eigenvalue weighted by molar-refractivity contribution is 8.01. The zero-order valence-corrected chi connectivity index (χ0v) is 15.3. The van der Waals surface area contributed by atoms with Gasteiger partial charge in [-0.1, -0.05) is 11.8 Å². The first-order chi connectivity index (χ1) is 11.6. The van der Waals surface area contributed by atoms with Gasteiger partial charge in [-0.3, -0.25) is 4.79 Å². The van der Waals surface area contributed by atoms with Crippen LogP contribution in [0.2, 0.25) is 0 Å². The second-order valence-electron chi connectivity index (χ2n) is 5.48. The molecule has 1 aliphatic rings. The number of thioether (sulfide) groups is 1. The maximum absolute atomic E-state index is 12.0. The number of rotatable bonds is 11. The summed E-state index contributed by atoms with van der Waals surface area (Å²) in [6.45, 7) is 3.09. The number of amides is 1. The summed E-state index contributed by atoms with van der Waals surface area (Å²) in [6, 6.07) is 0.242. The van der Waals surface area contributed by atoms with E-state index in [2.05, 4.69) is 10.3 Å². The first kappa shape index (κ1) is 19.2. The van der Waals surface area contributed by atoms with Crippen LogP contribution in [0.4, 0.5) is 0 Å². The van der Waals surface area contributed by atoms with E-state index in [1.165, 1.54) is 23.1 Å². The molecule has 0 saturated carbocycles. The summed E-state index contributed by atoms with van der Waals surface area (Å²) in [5.74, 6) is -0.0875. The van der Waals surface area contributed by atoms with E-state index in [1.807, 2.05) is 4.90 Å². The summed E-state index contributed by atoms with van der Waals surface area (Å²) in [7, 11) is 1.69. The fourth-order valence-corrected chi connectivity index (χ4v) is 4.39. The summed E-state index contributed by atoms with van der Waals surface area (Å²) in [6.07, 6.45) is 2.46. The first-order valence-electron chi connectivity index (χ1n) is 7.92. The molecule has 0 aliphatic carbocycles. The third-order valence-electron chi connectivity index (χ3n) is 3.79. The van der Waals surface area contributed by atoms with Crippen molar-refractivity contribution in [2.45, 2.75) is 29.6 Å². The van der Waals surface area contributed by atoms with E-state index in [0.717, 1.165) is 42.6 Å². The fraction of sp³-hybridized carbons (Fsp3) is 0.667. The Hall–Kier alpha value is -1.16. The highest BCUT2D eigenvalue weighted by Crippen LogP contribution is 2.24. The number of carboxylic acid groups (broad SMARTS) is 1. The molecular weight excluding hydrogens is 350 g/mol. The molecule has 134 valence electrons. The number of hydrogen-bond donors (Lipinski definition) is 2. The van der Waals surface area contributed by atoms with Crippen molar-refractivity contribution in [3.8, 4) is 0 Å². The molecule has 24 heavy (non-hydrogen) atoms. The van der Waals surface area contributed by atoms with Gasteiger partial charge in [0.15, 0.2) is 10.0 Å². The highest BCUT2D eigenvalue weighted by Gasteiger charge is 2.30. The lowest BCUT2D eigenvalue weighted by Crippen LogP contribution is -2.41. The molecule has 1 atom stereocenters. The maximum atomic E-state index is 12.0. The van der Waals surface area contributed by atoms with Crippen molar-refractivity contribution in [1.82, 2.24) is 15.2 Å². The van der Waals surface area contributed by atoms with Crippen LogP contribution in [0.5, 0.6) is 0 Å². The van der Waals surface area contributed by atoms with Gasteiger partial charge in [0.2, 0.25) is 5.91 Å². The van der Waals surface area contributed by atoms with Gasteiger partial charge in [0, 0.05) is 50.4 Å². The van der Waals surface area contributed by atoms with Crippen LogP contribution in [0, 0.1) is 0 Å². The Morgan fingerprint density at radius 2 is 2.46 bits per heavy atom. The predicted molar refractivity (Wildman–Crippen MR) is 93.9 cm³/mol. The van der Waals surface area contributed by atoms with Crippen LogP contribution < -0.4 is 5.32 Å². The second-order valence-corrected chi connectivity index (χ2v) is 7.68. The van der Waals surface area contributed by atoms with Crippen molar-refractivity contribution >= 4 is 35.0 Å². The van der Waals surface area contributed by atoms with Crippen molar-refractivity contribution in [2.75, 3.05) is 39.1 Å². The average Bonchev–Trinajstić information content (AvgIpc) is 3.16. The minimum atomic E-state index is -1.01. The van der Waals surface area contributed by atoms with Gasteiger partial charge in [0.25, 0.3) is 0 Å². The topological polar surface area (TPSA) is 91.8 Å². The number of carboxylic acids is 1. The zero-order valence-electron chi connectivity index (χ0n) is 13.7. The van der Waals surface area contributed by atoms with Gasteiger partial charge in [0.1, 0.15) is 0 Å². The van der Waals surface area contributed by atoms with E-state index < -0.39 is 5.97 Å². The monoisotopic (exact) mass is 373 g/mol. The molecule has 0 spiro atoms. The molecule has 0 bridgehead atoms. The summed E-state index contributed by atoms with van der Waals surface area (Å²) in [5.41, 5.74) is 0.0814. The lowest BCUT2D eigenvalue weighted by molar-refractivity contribution is -0.128. The zero-order chi connectivity index (χ0) is 17.4. The van der Waals surface area contributed by atoms with Gasteiger partial charge in [-0.05, 0) is 19.4 Å². The third kappa shape index (κ3) is 5.73. The van der Waals surface area contributed by atoms with Gasteiger partial charge >= 0.3 is 5.97 Å². The van der Waals surface area contributed by atoms with Crippen LogP contribution >= 0.6 is 23.1 Å². The Bertz CT molecular complexity index is 553. The molecule has 1 fully saturated rings. The molecule has 1 aromatic rings. The number of likely N-dealkylation sites (tertiary alicyclic amines) is 1. The van der Waals surface area contributed by atoms with Crippen LogP contribution in [0.3, 0.4) is 0 Å².